The maximum Gasteiger partial charge on any atom is 0.290 e. The lowest BCUT2D eigenvalue weighted by Gasteiger charge is -2.25. The summed E-state index contributed by atoms with van der Waals surface area (Å²) in [4.78, 5) is 28.5. The van der Waals surface area contributed by atoms with Gasteiger partial charge in [0.2, 0.25) is 5.76 Å². The summed E-state index contributed by atoms with van der Waals surface area (Å²) in [6.45, 7) is 0.441. The second-order valence-corrected chi connectivity index (χ2v) is 8.38. The summed E-state index contributed by atoms with van der Waals surface area (Å²) in [6, 6.07) is 21.4. The predicted octanol–water partition coefficient (Wildman–Crippen LogP) is 5.89. The Balaban J connectivity index is 1.66. The van der Waals surface area contributed by atoms with Crippen molar-refractivity contribution in [3.05, 3.63) is 116 Å². The molecule has 0 saturated carbocycles. The van der Waals surface area contributed by atoms with Crippen LogP contribution in [0.1, 0.15) is 33.3 Å². The van der Waals surface area contributed by atoms with Gasteiger partial charge >= 0.3 is 0 Å². The molecule has 0 radical (unpaired) electrons. The fraction of sp³-hybridized carbons (Fsp3) is 0.120. The third-order valence-electron chi connectivity index (χ3n) is 5.60. The van der Waals surface area contributed by atoms with Crippen LogP contribution in [0.15, 0.2) is 82.0 Å². The van der Waals surface area contributed by atoms with Crippen molar-refractivity contribution in [1.82, 2.24) is 4.90 Å². The first kappa shape index (κ1) is 19.9. The van der Waals surface area contributed by atoms with E-state index < -0.39 is 6.04 Å². The van der Waals surface area contributed by atoms with E-state index in [1.807, 2.05) is 42.5 Å². The largest absolute Gasteiger partial charge is 0.450 e. The fourth-order valence-corrected chi connectivity index (χ4v) is 4.41. The molecule has 5 rings (SSSR count). The molecule has 0 saturated heterocycles. The van der Waals surface area contributed by atoms with Crippen LogP contribution < -0.4 is 5.43 Å². The van der Waals surface area contributed by atoms with Gasteiger partial charge in [-0.05, 0) is 47.9 Å². The van der Waals surface area contributed by atoms with Gasteiger partial charge in [0, 0.05) is 16.6 Å². The summed E-state index contributed by atoms with van der Waals surface area (Å²) < 4.78 is 5.93. The molecule has 4 nitrogen and oxygen atoms in total. The number of amides is 1. The minimum absolute atomic E-state index is 0.0906. The second-order valence-electron chi connectivity index (χ2n) is 7.50. The first-order chi connectivity index (χ1) is 15.0. The molecule has 6 heteroatoms. The Morgan fingerprint density at radius 1 is 0.871 bits per heavy atom. The number of carbonyl (C=O) groups excluding carboxylic acids is 1. The second kappa shape index (κ2) is 7.88. The molecule has 4 aromatic rings. The van der Waals surface area contributed by atoms with Crippen LogP contribution in [0, 0.1) is 0 Å². The summed E-state index contributed by atoms with van der Waals surface area (Å²) in [5, 5.41) is 1.39. The molecule has 3 aromatic carbocycles. The van der Waals surface area contributed by atoms with Gasteiger partial charge in [0.15, 0.2) is 5.43 Å². The van der Waals surface area contributed by atoms with E-state index in [0.717, 1.165) is 11.1 Å². The van der Waals surface area contributed by atoms with E-state index in [9.17, 15) is 9.59 Å². The minimum Gasteiger partial charge on any atom is -0.450 e. The Morgan fingerprint density at radius 3 is 2.32 bits per heavy atom. The van der Waals surface area contributed by atoms with Crippen molar-refractivity contribution in [2.24, 2.45) is 0 Å². The monoisotopic (exact) mass is 449 g/mol. The maximum absolute atomic E-state index is 13.5. The van der Waals surface area contributed by atoms with Crippen molar-refractivity contribution in [1.29, 1.82) is 0 Å². The summed E-state index contributed by atoms with van der Waals surface area (Å²) >= 11 is 12.2. The summed E-state index contributed by atoms with van der Waals surface area (Å²) in [6.07, 6.45) is 0.657. The number of fused-ring (bicyclic) bond motifs is 2. The Kier molecular flexibility index (Phi) is 5.05. The molecule has 2 heterocycles. The van der Waals surface area contributed by atoms with Crippen molar-refractivity contribution >= 4 is 40.1 Å². The number of nitrogens with zero attached hydrogens (tertiary/aromatic N) is 1. The van der Waals surface area contributed by atoms with E-state index in [2.05, 4.69) is 0 Å². The lowest BCUT2D eigenvalue weighted by Crippen LogP contribution is -2.31. The average molecular weight is 450 g/mol. The van der Waals surface area contributed by atoms with Crippen LogP contribution in [0.4, 0.5) is 0 Å². The van der Waals surface area contributed by atoms with Crippen LogP contribution in [0.25, 0.3) is 11.0 Å². The molecule has 154 valence electrons. The number of hydrogen-bond acceptors (Lipinski definition) is 3. The molecule has 1 aromatic heterocycles. The van der Waals surface area contributed by atoms with Gasteiger partial charge in [0.1, 0.15) is 5.58 Å². The molecule has 1 aliphatic heterocycles. The highest BCUT2D eigenvalue weighted by Gasteiger charge is 2.42. The Labute approximate surface area is 188 Å². The molecule has 31 heavy (non-hydrogen) atoms. The van der Waals surface area contributed by atoms with Crippen molar-refractivity contribution in [3.63, 3.8) is 0 Å². The highest BCUT2D eigenvalue weighted by atomic mass is 35.5. The van der Waals surface area contributed by atoms with Crippen LogP contribution in [0.3, 0.4) is 0 Å². The molecule has 1 aliphatic rings. The lowest BCUT2D eigenvalue weighted by atomic mass is 9.98. The molecule has 1 atom stereocenters. The molecule has 0 bridgehead atoms. The van der Waals surface area contributed by atoms with Gasteiger partial charge in [0.25, 0.3) is 5.91 Å². The third kappa shape index (κ3) is 3.52. The van der Waals surface area contributed by atoms with E-state index in [1.165, 1.54) is 0 Å². The topological polar surface area (TPSA) is 50.5 Å². The zero-order valence-electron chi connectivity index (χ0n) is 16.3. The van der Waals surface area contributed by atoms with Crippen molar-refractivity contribution in [3.8, 4) is 0 Å². The SMILES string of the molecule is O=C1c2oc3ccc(Cl)cc3c(=O)c2[C@@H](c2ccc(Cl)cc2)N1CCc1ccccc1. The molecular weight excluding hydrogens is 433 g/mol. The number of benzene rings is 3. The van der Waals surface area contributed by atoms with Crippen LogP contribution in [0.2, 0.25) is 10.0 Å². The minimum atomic E-state index is -0.553. The summed E-state index contributed by atoms with van der Waals surface area (Å²) in [5.41, 5.74) is 2.36. The van der Waals surface area contributed by atoms with Gasteiger partial charge in [-0.25, -0.2) is 0 Å². The summed E-state index contributed by atoms with van der Waals surface area (Å²) in [5.74, 6) is -0.201. The van der Waals surface area contributed by atoms with Gasteiger partial charge in [0.05, 0.1) is 17.0 Å². The molecule has 1 amide bonds. The van der Waals surface area contributed by atoms with Crippen molar-refractivity contribution in [2.75, 3.05) is 6.54 Å². The van der Waals surface area contributed by atoms with Gasteiger partial charge in [-0.1, -0.05) is 65.7 Å². The molecule has 0 unspecified atom stereocenters. The molecule has 0 fully saturated rings. The number of rotatable bonds is 4. The number of hydrogen-bond donors (Lipinski definition) is 0. The molecular formula is C25H17Cl2NO3. The van der Waals surface area contributed by atoms with E-state index in [1.54, 1.807) is 35.2 Å². The highest BCUT2D eigenvalue weighted by molar-refractivity contribution is 6.31. The first-order valence-electron chi connectivity index (χ1n) is 9.89. The van der Waals surface area contributed by atoms with Crippen LogP contribution >= 0.6 is 23.2 Å². The van der Waals surface area contributed by atoms with Crippen LogP contribution in [-0.2, 0) is 6.42 Å². The lowest BCUT2D eigenvalue weighted by molar-refractivity contribution is 0.0730. The number of carbonyl (C=O) groups is 1. The zero-order chi connectivity index (χ0) is 21.5. The van der Waals surface area contributed by atoms with Crippen molar-refractivity contribution in [2.45, 2.75) is 12.5 Å². The van der Waals surface area contributed by atoms with Crippen LogP contribution in [-0.4, -0.2) is 17.4 Å². The Hall–Kier alpha value is -3.08. The van der Waals surface area contributed by atoms with E-state index in [4.69, 9.17) is 27.6 Å². The van der Waals surface area contributed by atoms with Gasteiger partial charge < -0.3 is 9.32 Å². The first-order valence-corrected chi connectivity index (χ1v) is 10.6. The van der Waals surface area contributed by atoms with E-state index in [-0.39, 0.29) is 17.1 Å². The third-order valence-corrected chi connectivity index (χ3v) is 6.08. The molecule has 0 spiro atoms. The number of halogens is 2. The Bertz CT molecular complexity index is 1350. The van der Waals surface area contributed by atoms with E-state index >= 15 is 0 Å². The molecule has 0 aliphatic carbocycles. The quantitative estimate of drug-likeness (QED) is 0.390. The predicted molar refractivity (Wildman–Crippen MR) is 122 cm³/mol. The smallest absolute Gasteiger partial charge is 0.290 e. The maximum atomic E-state index is 13.5. The van der Waals surface area contributed by atoms with E-state index in [0.29, 0.717) is 39.5 Å². The average Bonchev–Trinajstić information content (AvgIpc) is 3.06. The fourth-order valence-electron chi connectivity index (χ4n) is 4.11. The highest BCUT2D eigenvalue weighted by Crippen LogP contribution is 2.38. The Morgan fingerprint density at radius 2 is 1.58 bits per heavy atom. The summed E-state index contributed by atoms with van der Waals surface area (Å²) in [7, 11) is 0. The standard InChI is InChI=1S/C25H17Cl2NO3/c26-17-8-6-16(7-9-17)22-21-23(29)19-14-18(27)10-11-20(19)31-24(21)25(30)28(22)13-12-15-4-2-1-3-5-15/h1-11,14,22H,12-13H2/t22-/m1/s1. The normalized spacial score (nSPS) is 15.5. The van der Waals surface area contributed by atoms with Crippen molar-refractivity contribution < 1.29 is 9.21 Å². The van der Waals surface area contributed by atoms with Crippen LogP contribution in [0.5, 0.6) is 0 Å². The van der Waals surface area contributed by atoms with Gasteiger partial charge in [-0.3, -0.25) is 9.59 Å². The van der Waals surface area contributed by atoms with Gasteiger partial charge in [-0.15, -0.1) is 0 Å². The zero-order valence-corrected chi connectivity index (χ0v) is 17.9. The molecule has 0 N–H and O–H groups in total. The van der Waals surface area contributed by atoms with Gasteiger partial charge in [-0.2, -0.15) is 0 Å².